The van der Waals surface area contributed by atoms with Crippen molar-refractivity contribution in [2.24, 2.45) is 0 Å². The monoisotopic (exact) mass is 380 g/mol. The summed E-state index contributed by atoms with van der Waals surface area (Å²) in [5.74, 6) is 0.194. The molecule has 2 unspecified atom stereocenters. The molecule has 3 N–H and O–H groups in total. The van der Waals surface area contributed by atoms with Gasteiger partial charge in [-0.05, 0) is 59.2 Å². The van der Waals surface area contributed by atoms with E-state index >= 15 is 0 Å². The van der Waals surface area contributed by atoms with Crippen LogP contribution in [0.2, 0.25) is 0 Å². The van der Waals surface area contributed by atoms with Crippen molar-refractivity contribution in [3.63, 3.8) is 0 Å². The molecule has 1 aliphatic heterocycles. The zero-order chi connectivity index (χ0) is 20.1. The number of nitrogens with one attached hydrogen (secondary N) is 3. The molecule has 0 saturated carbocycles. The number of carbonyl (C=O) groups is 3. The lowest BCUT2D eigenvalue weighted by molar-refractivity contribution is -0.121. The van der Waals surface area contributed by atoms with Crippen LogP contribution in [0.1, 0.15) is 58.8 Å². The molecular weight excluding hydrogens is 344 g/mol. The minimum Gasteiger partial charge on any atom is -0.356 e. The van der Waals surface area contributed by atoms with Crippen molar-refractivity contribution in [2.45, 2.75) is 70.9 Å². The number of nitrogens with zero attached hydrogens (tertiary/aromatic N) is 1. The standard InChI is InChI=1S/C20H36N4O3/c1-16(25)10-9-15-24(3)14-8-7-13-21-19(26)12-6-4-5-11-18-17(2)22-20(27)23-18/h9-10,17-18H,4-8,11-15H2,1-3H3,(H,21,26)(H2,22,23,27)/b10-9+. The van der Waals surface area contributed by atoms with Crippen LogP contribution >= 0.6 is 0 Å². The van der Waals surface area contributed by atoms with Crippen molar-refractivity contribution in [2.75, 3.05) is 26.7 Å². The lowest BCUT2D eigenvalue weighted by atomic mass is 10.0. The first-order valence-electron chi connectivity index (χ1n) is 10.1. The van der Waals surface area contributed by atoms with E-state index in [-0.39, 0.29) is 29.8 Å². The number of hydrogen-bond acceptors (Lipinski definition) is 4. The molecule has 2 atom stereocenters. The highest BCUT2D eigenvalue weighted by atomic mass is 16.2. The lowest BCUT2D eigenvalue weighted by Gasteiger charge is -2.14. The second-order valence-corrected chi connectivity index (χ2v) is 7.44. The third-order valence-corrected chi connectivity index (χ3v) is 4.76. The van der Waals surface area contributed by atoms with Gasteiger partial charge in [0.05, 0.1) is 6.04 Å². The minimum atomic E-state index is -0.0782. The minimum absolute atomic E-state index is 0.0722. The zero-order valence-corrected chi connectivity index (χ0v) is 17.1. The first-order valence-corrected chi connectivity index (χ1v) is 10.1. The Morgan fingerprint density at radius 3 is 2.59 bits per heavy atom. The Morgan fingerprint density at radius 1 is 1.15 bits per heavy atom. The zero-order valence-electron chi connectivity index (χ0n) is 17.1. The van der Waals surface area contributed by atoms with E-state index in [0.717, 1.165) is 51.6 Å². The van der Waals surface area contributed by atoms with E-state index in [2.05, 4.69) is 20.9 Å². The maximum absolute atomic E-state index is 11.8. The fourth-order valence-electron chi connectivity index (χ4n) is 3.10. The summed E-state index contributed by atoms with van der Waals surface area (Å²) in [6.45, 7) is 5.99. The molecule has 154 valence electrons. The van der Waals surface area contributed by atoms with Gasteiger partial charge in [0.15, 0.2) is 5.78 Å². The summed E-state index contributed by atoms with van der Waals surface area (Å²) in [5, 5.41) is 8.74. The number of allylic oxidation sites excluding steroid dienone is 1. The van der Waals surface area contributed by atoms with Gasteiger partial charge in [0.1, 0.15) is 0 Å². The number of likely N-dealkylation sites (N-methyl/N-ethyl adjacent to an activating group) is 1. The second kappa shape index (κ2) is 13.3. The second-order valence-electron chi connectivity index (χ2n) is 7.44. The summed E-state index contributed by atoms with van der Waals surface area (Å²) < 4.78 is 0. The topological polar surface area (TPSA) is 90.5 Å². The number of urea groups is 1. The van der Waals surface area contributed by atoms with Crippen LogP contribution < -0.4 is 16.0 Å². The van der Waals surface area contributed by atoms with Crippen LogP contribution in [-0.4, -0.2) is 61.4 Å². The smallest absolute Gasteiger partial charge is 0.315 e. The van der Waals surface area contributed by atoms with Crippen LogP contribution in [0.5, 0.6) is 0 Å². The number of ketones is 1. The average Bonchev–Trinajstić information content (AvgIpc) is 2.91. The number of amides is 3. The normalized spacial score (nSPS) is 19.3. The van der Waals surface area contributed by atoms with Gasteiger partial charge in [-0.2, -0.15) is 0 Å². The fourth-order valence-corrected chi connectivity index (χ4v) is 3.10. The summed E-state index contributed by atoms with van der Waals surface area (Å²) in [6, 6.07) is 0.318. The Morgan fingerprint density at radius 2 is 1.93 bits per heavy atom. The SMILES string of the molecule is CC(=O)/C=C/CN(C)CCCCNC(=O)CCCCCC1NC(=O)NC1C. The molecule has 7 nitrogen and oxygen atoms in total. The van der Waals surface area contributed by atoms with E-state index < -0.39 is 0 Å². The first kappa shape index (κ1) is 23.1. The molecule has 1 fully saturated rings. The van der Waals surface area contributed by atoms with Crippen molar-refractivity contribution in [1.82, 2.24) is 20.9 Å². The molecule has 27 heavy (non-hydrogen) atoms. The van der Waals surface area contributed by atoms with Crippen LogP contribution in [0.3, 0.4) is 0 Å². The van der Waals surface area contributed by atoms with Crippen molar-refractivity contribution in [3.8, 4) is 0 Å². The first-order chi connectivity index (χ1) is 12.9. The van der Waals surface area contributed by atoms with Gasteiger partial charge in [-0.15, -0.1) is 0 Å². The van der Waals surface area contributed by atoms with E-state index in [4.69, 9.17) is 0 Å². The molecule has 0 spiro atoms. The molecule has 1 saturated heterocycles. The number of rotatable bonds is 14. The maximum atomic E-state index is 11.8. The summed E-state index contributed by atoms with van der Waals surface area (Å²) in [4.78, 5) is 36.0. The molecule has 0 radical (unpaired) electrons. The Kier molecular flexibility index (Phi) is 11.4. The van der Waals surface area contributed by atoms with Crippen molar-refractivity contribution in [3.05, 3.63) is 12.2 Å². The van der Waals surface area contributed by atoms with Crippen molar-refractivity contribution >= 4 is 17.7 Å². The van der Waals surface area contributed by atoms with Gasteiger partial charge in [0.25, 0.3) is 0 Å². The molecule has 0 aromatic heterocycles. The molecule has 1 rings (SSSR count). The highest BCUT2D eigenvalue weighted by molar-refractivity contribution is 5.87. The lowest BCUT2D eigenvalue weighted by Crippen LogP contribution is -2.30. The van der Waals surface area contributed by atoms with Crippen LogP contribution in [0.25, 0.3) is 0 Å². The van der Waals surface area contributed by atoms with Gasteiger partial charge in [0, 0.05) is 25.6 Å². The molecule has 7 heteroatoms. The summed E-state index contributed by atoms with van der Waals surface area (Å²) in [7, 11) is 2.02. The van der Waals surface area contributed by atoms with Crippen LogP contribution in [-0.2, 0) is 9.59 Å². The summed E-state index contributed by atoms with van der Waals surface area (Å²) >= 11 is 0. The van der Waals surface area contributed by atoms with Gasteiger partial charge in [-0.3, -0.25) is 9.59 Å². The highest BCUT2D eigenvalue weighted by Crippen LogP contribution is 2.11. The van der Waals surface area contributed by atoms with E-state index in [0.29, 0.717) is 13.0 Å². The molecule has 0 aromatic rings. The fraction of sp³-hybridized carbons (Fsp3) is 0.750. The predicted octanol–water partition coefficient (Wildman–Crippen LogP) is 1.98. The molecule has 0 aromatic carbocycles. The highest BCUT2D eigenvalue weighted by Gasteiger charge is 2.26. The van der Waals surface area contributed by atoms with Crippen LogP contribution in [0.15, 0.2) is 12.2 Å². The number of unbranched alkanes of at least 4 members (excludes halogenated alkanes) is 3. The predicted molar refractivity (Wildman–Crippen MR) is 108 cm³/mol. The quantitative estimate of drug-likeness (QED) is 0.317. The molecule has 0 aliphatic carbocycles. The van der Waals surface area contributed by atoms with E-state index in [1.165, 1.54) is 0 Å². The summed E-state index contributed by atoms with van der Waals surface area (Å²) in [6.07, 6.45) is 9.89. The molecule has 0 bridgehead atoms. The Bertz CT molecular complexity index is 507. The van der Waals surface area contributed by atoms with E-state index in [1.807, 2.05) is 20.0 Å². The Labute approximate surface area is 163 Å². The van der Waals surface area contributed by atoms with Crippen molar-refractivity contribution in [1.29, 1.82) is 0 Å². The number of hydrogen-bond donors (Lipinski definition) is 3. The maximum Gasteiger partial charge on any atom is 0.315 e. The largest absolute Gasteiger partial charge is 0.356 e. The summed E-state index contributed by atoms with van der Waals surface area (Å²) in [5.41, 5.74) is 0. The molecule has 1 aliphatic rings. The molecule has 1 heterocycles. The van der Waals surface area contributed by atoms with Gasteiger partial charge in [-0.25, -0.2) is 4.79 Å². The van der Waals surface area contributed by atoms with Crippen LogP contribution in [0, 0.1) is 0 Å². The van der Waals surface area contributed by atoms with Gasteiger partial charge in [0.2, 0.25) is 5.91 Å². The van der Waals surface area contributed by atoms with Gasteiger partial charge in [-0.1, -0.05) is 18.9 Å². The third-order valence-electron chi connectivity index (χ3n) is 4.76. The van der Waals surface area contributed by atoms with E-state index in [9.17, 15) is 14.4 Å². The Hall–Kier alpha value is -1.89. The third kappa shape index (κ3) is 11.4. The van der Waals surface area contributed by atoms with Crippen molar-refractivity contribution < 1.29 is 14.4 Å². The van der Waals surface area contributed by atoms with E-state index in [1.54, 1.807) is 13.0 Å². The van der Waals surface area contributed by atoms with Gasteiger partial charge < -0.3 is 20.9 Å². The average molecular weight is 381 g/mol. The van der Waals surface area contributed by atoms with Gasteiger partial charge >= 0.3 is 6.03 Å². The molecular formula is C20H36N4O3. The molecule has 3 amide bonds. The Balaban J connectivity index is 1.92. The number of carbonyl (C=O) groups excluding carboxylic acids is 3. The van der Waals surface area contributed by atoms with Crippen LogP contribution in [0.4, 0.5) is 4.79 Å².